The average molecular weight is 208 g/mol. The van der Waals surface area contributed by atoms with Crippen molar-refractivity contribution in [3.05, 3.63) is 34.2 Å². The molecule has 0 fully saturated rings. The Morgan fingerprint density at radius 1 is 1.40 bits per heavy atom. The number of rotatable bonds is 5. The van der Waals surface area contributed by atoms with Gasteiger partial charge >= 0.3 is 0 Å². The van der Waals surface area contributed by atoms with Crippen LogP contribution in [0.15, 0.2) is 23.1 Å². The van der Waals surface area contributed by atoms with Gasteiger partial charge in [-0.25, -0.2) is 0 Å². The summed E-state index contributed by atoms with van der Waals surface area (Å²) in [5.74, 6) is 0. The second kappa shape index (κ2) is 5.71. The van der Waals surface area contributed by atoms with Gasteiger partial charge in [0.05, 0.1) is 0 Å². The molecule has 0 aromatic carbocycles. The molecule has 1 aromatic heterocycles. The largest absolute Gasteiger partial charge is 0.318 e. The van der Waals surface area contributed by atoms with E-state index in [1.807, 2.05) is 12.3 Å². The van der Waals surface area contributed by atoms with Crippen molar-refractivity contribution in [2.45, 2.75) is 26.3 Å². The van der Waals surface area contributed by atoms with Gasteiger partial charge in [0.1, 0.15) is 0 Å². The summed E-state index contributed by atoms with van der Waals surface area (Å²) in [4.78, 5) is 13.5. The number of nitrogens with zero attached hydrogens (tertiary/aromatic N) is 2. The van der Waals surface area contributed by atoms with E-state index in [1.165, 1.54) is 18.4 Å². The monoisotopic (exact) mass is 208 g/mol. The van der Waals surface area contributed by atoms with Gasteiger partial charge in [-0.1, -0.05) is 19.4 Å². The van der Waals surface area contributed by atoms with Gasteiger partial charge in [-0.05, 0) is 25.6 Å². The molecule has 0 aliphatic carbocycles. The average Bonchev–Trinajstić information content (AvgIpc) is 2.20. The second-order valence-electron chi connectivity index (χ2n) is 4.08. The third-order valence-corrected chi connectivity index (χ3v) is 2.49. The van der Waals surface area contributed by atoms with Gasteiger partial charge in [0.15, 0.2) is 0 Å². The fourth-order valence-electron chi connectivity index (χ4n) is 1.56. The minimum atomic E-state index is 0.0509. The molecule has 1 aromatic rings. The number of aryl methyl sites for hydroxylation is 1. The summed E-state index contributed by atoms with van der Waals surface area (Å²) in [6.45, 7) is 4.22. The molecule has 1 rings (SSSR count). The summed E-state index contributed by atoms with van der Waals surface area (Å²) in [6.07, 6.45) is 4.35. The third-order valence-electron chi connectivity index (χ3n) is 2.49. The predicted octanol–water partition coefficient (Wildman–Crippen LogP) is 1.62. The lowest BCUT2D eigenvalue weighted by Crippen LogP contribution is -2.21. The maximum Gasteiger partial charge on any atom is 0.250 e. The molecular weight excluding hydrogens is 188 g/mol. The quantitative estimate of drug-likeness (QED) is 0.734. The molecule has 0 N–H and O–H groups in total. The summed E-state index contributed by atoms with van der Waals surface area (Å²) in [5, 5.41) is 0. The molecule has 0 amide bonds. The zero-order chi connectivity index (χ0) is 11.3. The van der Waals surface area contributed by atoms with Crippen LogP contribution in [0.2, 0.25) is 0 Å². The number of hydrogen-bond donors (Lipinski definition) is 0. The molecule has 0 aliphatic heterocycles. The Morgan fingerprint density at radius 3 is 2.73 bits per heavy atom. The number of unbranched alkanes of at least 4 members (excludes halogenated alkanes) is 1. The first-order valence-corrected chi connectivity index (χ1v) is 5.47. The lowest BCUT2D eigenvalue weighted by Gasteiger charge is -2.16. The molecule has 0 radical (unpaired) electrons. The molecular formula is C12H20N2O. The molecule has 0 bridgehead atoms. The smallest absolute Gasteiger partial charge is 0.250 e. The highest BCUT2D eigenvalue weighted by atomic mass is 16.1. The maximum absolute atomic E-state index is 11.2. The summed E-state index contributed by atoms with van der Waals surface area (Å²) < 4.78 is 1.63. The van der Waals surface area contributed by atoms with Crippen LogP contribution in [0.3, 0.4) is 0 Å². The van der Waals surface area contributed by atoms with Crippen molar-refractivity contribution >= 4 is 0 Å². The standard InChI is InChI=1S/C12H20N2O/c1-4-5-8-13(2)9-11-6-7-12(15)14(3)10-11/h6-7,10H,4-5,8-9H2,1-3H3. The fourth-order valence-corrected chi connectivity index (χ4v) is 1.56. The van der Waals surface area contributed by atoms with Crippen LogP contribution in [0.5, 0.6) is 0 Å². The van der Waals surface area contributed by atoms with Gasteiger partial charge in [-0.2, -0.15) is 0 Å². The Morgan fingerprint density at radius 2 is 2.13 bits per heavy atom. The molecule has 3 heteroatoms. The molecule has 0 aliphatic rings. The molecule has 0 saturated carbocycles. The minimum Gasteiger partial charge on any atom is -0.318 e. The predicted molar refractivity (Wildman–Crippen MR) is 62.9 cm³/mol. The first-order chi connectivity index (χ1) is 7.13. The van der Waals surface area contributed by atoms with E-state index >= 15 is 0 Å². The highest BCUT2D eigenvalue weighted by Crippen LogP contribution is 2.01. The molecule has 0 spiro atoms. The number of pyridine rings is 1. The first kappa shape index (κ1) is 12.0. The third kappa shape index (κ3) is 3.88. The molecule has 84 valence electrons. The van der Waals surface area contributed by atoms with E-state index in [1.54, 1.807) is 17.7 Å². The van der Waals surface area contributed by atoms with Gasteiger partial charge in [0.2, 0.25) is 5.56 Å². The normalized spacial score (nSPS) is 10.9. The zero-order valence-corrected chi connectivity index (χ0v) is 9.86. The second-order valence-corrected chi connectivity index (χ2v) is 4.08. The van der Waals surface area contributed by atoms with Gasteiger partial charge in [-0.15, -0.1) is 0 Å². The van der Waals surface area contributed by atoms with Crippen LogP contribution in [0.4, 0.5) is 0 Å². The summed E-state index contributed by atoms with van der Waals surface area (Å²) in [7, 11) is 3.90. The van der Waals surface area contributed by atoms with E-state index in [-0.39, 0.29) is 5.56 Å². The van der Waals surface area contributed by atoms with Crippen molar-refractivity contribution in [1.29, 1.82) is 0 Å². The lowest BCUT2D eigenvalue weighted by molar-refractivity contribution is 0.320. The van der Waals surface area contributed by atoms with Gasteiger partial charge in [0, 0.05) is 25.9 Å². The van der Waals surface area contributed by atoms with Crippen molar-refractivity contribution in [3.8, 4) is 0 Å². The summed E-state index contributed by atoms with van der Waals surface area (Å²) >= 11 is 0. The highest BCUT2D eigenvalue weighted by molar-refractivity contribution is 5.09. The van der Waals surface area contributed by atoms with Crippen LogP contribution in [0.1, 0.15) is 25.3 Å². The van der Waals surface area contributed by atoms with Gasteiger partial charge < -0.3 is 9.47 Å². The SMILES string of the molecule is CCCCN(C)Cc1ccc(=O)n(C)c1. The molecule has 1 heterocycles. The zero-order valence-electron chi connectivity index (χ0n) is 9.86. The molecule has 3 nitrogen and oxygen atoms in total. The van der Waals surface area contributed by atoms with Crippen LogP contribution in [-0.4, -0.2) is 23.1 Å². The minimum absolute atomic E-state index is 0.0509. The van der Waals surface area contributed by atoms with Crippen LogP contribution in [0, 0.1) is 0 Å². The van der Waals surface area contributed by atoms with Crippen molar-refractivity contribution in [2.75, 3.05) is 13.6 Å². The van der Waals surface area contributed by atoms with Crippen LogP contribution >= 0.6 is 0 Å². The molecule has 0 saturated heterocycles. The first-order valence-electron chi connectivity index (χ1n) is 5.47. The number of hydrogen-bond acceptors (Lipinski definition) is 2. The maximum atomic E-state index is 11.2. The van der Waals surface area contributed by atoms with E-state index in [0.29, 0.717) is 0 Å². The Kier molecular flexibility index (Phi) is 4.56. The van der Waals surface area contributed by atoms with E-state index in [4.69, 9.17) is 0 Å². The van der Waals surface area contributed by atoms with Crippen LogP contribution < -0.4 is 5.56 Å². The van der Waals surface area contributed by atoms with Crippen molar-refractivity contribution < 1.29 is 0 Å². The number of aromatic nitrogens is 1. The van der Waals surface area contributed by atoms with Crippen LogP contribution in [0.25, 0.3) is 0 Å². The van der Waals surface area contributed by atoms with Crippen molar-refractivity contribution in [2.24, 2.45) is 7.05 Å². The summed E-state index contributed by atoms with van der Waals surface area (Å²) in [6, 6.07) is 3.54. The Hall–Kier alpha value is -1.09. The summed E-state index contributed by atoms with van der Waals surface area (Å²) in [5.41, 5.74) is 1.24. The molecule has 0 atom stereocenters. The van der Waals surface area contributed by atoms with E-state index in [0.717, 1.165) is 13.1 Å². The lowest BCUT2D eigenvalue weighted by atomic mass is 10.2. The van der Waals surface area contributed by atoms with Crippen molar-refractivity contribution in [1.82, 2.24) is 9.47 Å². The highest BCUT2D eigenvalue weighted by Gasteiger charge is 2.00. The van der Waals surface area contributed by atoms with Gasteiger partial charge in [-0.3, -0.25) is 4.79 Å². The van der Waals surface area contributed by atoms with E-state index in [9.17, 15) is 4.79 Å². The molecule has 0 unspecified atom stereocenters. The molecule has 15 heavy (non-hydrogen) atoms. The van der Waals surface area contributed by atoms with E-state index < -0.39 is 0 Å². The topological polar surface area (TPSA) is 25.2 Å². The van der Waals surface area contributed by atoms with Gasteiger partial charge in [0.25, 0.3) is 0 Å². The fraction of sp³-hybridized carbons (Fsp3) is 0.583. The van der Waals surface area contributed by atoms with Crippen molar-refractivity contribution in [3.63, 3.8) is 0 Å². The Balaban J connectivity index is 2.57. The van der Waals surface area contributed by atoms with E-state index in [2.05, 4.69) is 18.9 Å². The Labute approximate surface area is 91.3 Å². The van der Waals surface area contributed by atoms with Crippen LogP contribution in [-0.2, 0) is 13.6 Å². The Bertz CT molecular complexity index is 357.